The Kier molecular flexibility index (Phi) is 3.31. The predicted molar refractivity (Wildman–Crippen MR) is 119 cm³/mol. The molecule has 0 fully saturated rings. The second-order valence-corrected chi connectivity index (χ2v) is 8.81. The van der Waals surface area contributed by atoms with Crippen LogP contribution in [0.3, 0.4) is 0 Å². The number of hydrogen-bond acceptors (Lipinski definition) is 2. The van der Waals surface area contributed by atoms with Gasteiger partial charge in [-0.2, -0.15) is 0 Å². The number of para-hydroxylation sites is 1. The number of hydrogen-bond donors (Lipinski definition) is 0. The molecule has 2 heterocycles. The lowest BCUT2D eigenvalue weighted by molar-refractivity contribution is 0.594. The molecular formula is C24H25BN2. The van der Waals surface area contributed by atoms with Gasteiger partial charge in [0.15, 0.2) is 0 Å². The van der Waals surface area contributed by atoms with Gasteiger partial charge in [0.2, 0.25) is 0 Å². The molecule has 2 aliphatic rings. The fourth-order valence-corrected chi connectivity index (χ4v) is 4.98. The quantitative estimate of drug-likeness (QED) is 0.570. The average Bonchev–Trinajstić information content (AvgIpc) is 2.66. The molecular weight excluding hydrogens is 327 g/mol. The summed E-state index contributed by atoms with van der Waals surface area (Å²) in [6.45, 7) is 7.26. The van der Waals surface area contributed by atoms with Crippen molar-refractivity contribution in [3.8, 4) is 0 Å². The van der Waals surface area contributed by atoms with Crippen molar-refractivity contribution in [1.29, 1.82) is 0 Å². The van der Waals surface area contributed by atoms with Crippen molar-refractivity contribution in [2.75, 3.05) is 23.9 Å². The maximum absolute atomic E-state index is 2.38. The molecule has 0 amide bonds. The first kappa shape index (κ1) is 16.5. The van der Waals surface area contributed by atoms with Gasteiger partial charge in [-0.05, 0) is 51.6 Å². The second kappa shape index (κ2) is 5.42. The molecule has 0 saturated carbocycles. The van der Waals surface area contributed by atoms with Crippen LogP contribution in [0.25, 0.3) is 0 Å². The third-order valence-corrected chi connectivity index (χ3v) is 6.22. The third-order valence-electron chi connectivity index (χ3n) is 6.22. The number of fused-ring (bicyclic) bond motifs is 4. The molecule has 0 spiro atoms. The summed E-state index contributed by atoms with van der Waals surface area (Å²) in [5.74, 6) is 0. The van der Waals surface area contributed by atoms with Crippen LogP contribution >= 0.6 is 0 Å². The first-order valence-electron chi connectivity index (χ1n) is 9.72. The van der Waals surface area contributed by atoms with Crippen LogP contribution in [0.15, 0.2) is 60.7 Å². The molecule has 0 bridgehead atoms. The van der Waals surface area contributed by atoms with E-state index in [-0.39, 0.29) is 12.1 Å². The van der Waals surface area contributed by atoms with Gasteiger partial charge in [0.1, 0.15) is 0 Å². The van der Waals surface area contributed by atoms with E-state index in [4.69, 9.17) is 0 Å². The monoisotopic (exact) mass is 352 g/mol. The number of rotatable bonds is 0. The van der Waals surface area contributed by atoms with Crippen molar-refractivity contribution in [2.24, 2.45) is 0 Å². The van der Waals surface area contributed by atoms with Gasteiger partial charge in [-0.25, -0.2) is 0 Å². The Morgan fingerprint density at radius 3 is 1.81 bits per heavy atom. The highest BCUT2D eigenvalue weighted by Gasteiger charge is 2.42. The van der Waals surface area contributed by atoms with Crippen LogP contribution in [0, 0.1) is 0 Å². The maximum atomic E-state index is 2.38. The van der Waals surface area contributed by atoms with Crippen molar-refractivity contribution >= 4 is 45.9 Å². The fraction of sp³-hybridized carbons (Fsp3) is 0.250. The summed E-state index contributed by atoms with van der Waals surface area (Å²) in [5.41, 5.74) is 11.1. The first-order chi connectivity index (χ1) is 12.9. The fourth-order valence-electron chi connectivity index (χ4n) is 4.98. The molecule has 0 aliphatic carbocycles. The Bertz CT molecular complexity index is 1050. The van der Waals surface area contributed by atoms with Crippen LogP contribution in [0.1, 0.15) is 26.3 Å². The zero-order chi connectivity index (χ0) is 18.9. The van der Waals surface area contributed by atoms with E-state index in [0.717, 1.165) is 0 Å². The first-order valence-corrected chi connectivity index (χ1v) is 9.72. The van der Waals surface area contributed by atoms with E-state index in [0.29, 0.717) is 0 Å². The summed E-state index contributed by atoms with van der Waals surface area (Å²) in [5, 5.41) is 0. The largest absolute Gasteiger partial charge is 0.345 e. The minimum atomic E-state index is 0.0942. The van der Waals surface area contributed by atoms with Crippen molar-refractivity contribution in [1.82, 2.24) is 0 Å². The minimum Gasteiger partial charge on any atom is -0.345 e. The predicted octanol–water partition coefficient (Wildman–Crippen LogP) is 3.66. The SMILES string of the molecule is CN1c2ccccc2B2c3c1cccc3N(C)c1cccc(C(C)(C)C)c12. The molecule has 2 aliphatic heterocycles. The summed E-state index contributed by atoms with van der Waals surface area (Å²) < 4.78 is 0. The molecule has 0 N–H and O–H groups in total. The van der Waals surface area contributed by atoms with E-state index < -0.39 is 0 Å². The molecule has 3 heteroatoms. The van der Waals surface area contributed by atoms with Crippen LogP contribution in [0.5, 0.6) is 0 Å². The standard InChI is InChI=1S/C24H25BN2/c1-24(2,3)16-10-8-13-19-22(16)25-17-11-6-7-12-18(17)26(4)20-14-9-15-21(23(20)25)27(19)5/h6-15H,1-5H3. The average molecular weight is 352 g/mol. The Hall–Kier alpha value is -2.68. The second-order valence-electron chi connectivity index (χ2n) is 8.81. The molecule has 134 valence electrons. The van der Waals surface area contributed by atoms with Crippen LogP contribution in [0.2, 0.25) is 0 Å². The Labute approximate surface area is 162 Å². The van der Waals surface area contributed by atoms with Gasteiger partial charge >= 0.3 is 0 Å². The van der Waals surface area contributed by atoms with Gasteiger partial charge in [0.05, 0.1) is 0 Å². The molecule has 0 atom stereocenters. The van der Waals surface area contributed by atoms with Gasteiger partial charge in [-0.3, -0.25) is 0 Å². The molecule has 2 nitrogen and oxygen atoms in total. The Balaban J connectivity index is 1.93. The highest BCUT2D eigenvalue weighted by atomic mass is 15.1. The van der Waals surface area contributed by atoms with Gasteiger partial charge in [0, 0.05) is 36.8 Å². The Morgan fingerprint density at radius 1 is 0.630 bits per heavy atom. The van der Waals surface area contributed by atoms with E-state index in [1.807, 2.05) is 0 Å². The zero-order valence-corrected chi connectivity index (χ0v) is 16.7. The molecule has 0 unspecified atom stereocenters. The molecule has 3 aromatic carbocycles. The summed E-state index contributed by atoms with van der Waals surface area (Å²) in [7, 11) is 4.40. The molecule has 0 saturated heterocycles. The molecule has 0 radical (unpaired) electrons. The third kappa shape index (κ3) is 2.14. The highest BCUT2D eigenvalue weighted by Crippen LogP contribution is 2.37. The van der Waals surface area contributed by atoms with Gasteiger partial charge < -0.3 is 9.80 Å². The van der Waals surface area contributed by atoms with Gasteiger partial charge in [-0.1, -0.05) is 57.2 Å². The van der Waals surface area contributed by atoms with Crippen molar-refractivity contribution in [3.05, 3.63) is 66.2 Å². The zero-order valence-electron chi connectivity index (χ0n) is 16.7. The maximum Gasteiger partial charge on any atom is 0.252 e. The number of anilines is 4. The number of nitrogens with zero attached hydrogens (tertiary/aromatic N) is 2. The molecule has 3 aromatic rings. The van der Waals surface area contributed by atoms with Crippen LogP contribution in [0.4, 0.5) is 22.7 Å². The van der Waals surface area contributed by atoms with Gasteiger partial charge in [-0.15, -0.1) is 0 Å². The summed E-state index contributed by atoms with van der Waals surface area (Å²) in [6, 6.07) is 22.4. The Morgan fingerprint density at radius 2 is 1.15 bits per heavy atom. The molecule has 0 aromatic heterocycles. The summed E-state index contributed by atoms with van der Waals surface area (Å²) in [6.07, 6.45) is 0. The number of benzene rings is 3. The lowest BCUT2D eigenvalue weighted by Gasteiger charge is -2.43. The lowest BCUT2D eigenvalue weighted by Crippen LogP contribution is -2.63. The van der Waals surface area contributed by atoms with Crippen LogP contribution in [-0.2, 0) is 5.41 Å². The van der Waals surface area contributed by atoms with E-state index in [2.05, 4.69) is 105 Å². The van der Waals surface area contributed by atoms with E-state index in [9.17, 15) is 0 Å². The lowest BCUT2D eigenvalue weighted by atomic mass is 9.32. The van der Waals surface area contributed by atoms with E-state index in [1.54, 1.807) is 0 Å². The van der Waals surface area contributed by atoms with Crippen LogP contribution in [-0.4, -0.2) is 20.8 Å². The summed E-state index contributed by atoms with van der Waals surface area (Å²) >= 11 is 0. The normalized spacial score (nSPS) is 14.6. The highest BCUT2D eigenvalue weighted by molar-refractivity contribution is 7.00. The molecule has 5 rings (SSSR count). The van der Waals surface area contributed by atoms with Crippen LogP contribution < -0.4 is 26.2 Å². The van der Waals surface area contributed by atoms with Crippen molar-refractivity contribution < 1.29 is 0 Å². The minimum absolute atomic E-state index is 0.0942. The topological polar surface area (TPSA) is 6.48 Å². The van der Waals surface area contributed by atoms with Gasteiger partial charge in [0.25, 0.3) is 6.71 Å². The van der Waals surface area contributed by atoms with E-state index >= 15 is 0 Å². The molecule has 27 heavy (non-hydrogen) atoms. The smallest absolute Gasteiger partial charge is 0.252 e. The van der Waals surface area contributed by atoms with Crippen molar-refractivity contribution in [2.45, 2.75) is 26.2 Å². The van der Waals surface area contributed by atoms with E-state index in [1.165, 1.54) is 44.7 Å². The summed E-state index contributed by atoms with van der Waals surface area (Å²) in [4.78, 5) is 4.73. The van der Waals surface area contributed by atoms with Crippen molar-refractivity contribution in [3.63, 3.8) is 0 Å².